The van der Waals surface area contributed by atoms with Gasteiger partial charge in [0, 0.05) is 6.20 Å². The Kier molecular flexibility index (Phi) is 1.53. The molecule has 3 N–H and O–H groups in total. The van der Waals surface area contributed by atoms with E-state index in [2.05, 4.69) is 10.1 Å². The van der Waals surface area contributed by atoms with Gasteiger partial charge in [0.2, 0.25) is 0 Å². The first-order valence-corrected chi connectivity index (χ1v) is 2.73. The maximum absolute atomic E-state index is 5.03. The Morgan fingerprint density at radius 1 is 1.78 bits per heavy atom. The van der Waals surface area contributed by atoms with Gasteiger partial charge in [-0.15, -0.1) is 0 Å². The molecular weight excluding hydrogens is 114 g/mol. The molecule has 48 valence electrons. The fourth-order valence-electron chi connectivity index (χ4n) is 0.625. The summed E-state index contributed by atoms with van der Waals surface area (Å²) in [5.41, 5.74) is 1.79. The van der Waals surface area contributed by atoms with Crippen LogP contribution in [0, 0.1) is 0 Å². The minimum absolute atomic E-state index is 0.819. The van der Waals surface area contributed by atoms with Crippen LogP contribution in [0.5, 0.6) is 0 Å². The molecule has 0 saturated heterocycles. The molecule has 0 aromatic carbocycles. The number of hydrazone groups is 1. The highest BCUT2D eigenvalue weighted by molar-refractivity contribution is 5.96. The maximum atomic E-state index is 5.03. The van der Waals surface area contributed by atoms with Gasteiger partial charge in [-0.3, -0.25) is 0 Å². The molecule has 0 saturated carbocycles. The molecule has 0 aliphatic carbocycles. The van der Waals surface area contributed by atoms with Crippen LogP contribution in [0.15, 0.2) is 23.4 Å². The lowest BCUT2D eigenvalue weighted by Gasteiger charge is -1.89. The third kappa shape index (κ3) is 1.10. The van der Waals surface area contributed by atoms with Crippen LogP contribution < -0.4 is 5.84 Å². The molecule has 3 nitrogen and oxygen atoms in total. The van der Waals surface area contributed by atoms with E-state index < -0.39 is 0 Å². The van der Waals surface area contributed by atoms with Crippen molar-refractivity contribution in [1.29, 1.82) is 0 Å². The predicted octanol–water partition coefficient (Wildman–Crippen LogP) is 0.697. The number of nitrogens with two attached hydrogens (primary N) is 1. The number of hydrogen-bond donors (Lipinski definition) is 2. The van der Waals surface area contributed by atoms with Crippen molar-refractivity contribution in [2.24, 2.45) is 10.9 Å². The summed E-state index contributed by atoms with van der Waals surface area (Å²) in [4.78, 5) is 2.98. The second-order valence-corrected chi connectivity index (χ2v) is 1.80. The molecule has 0 atom stereocenters. The number of nitrogens with zero attached hydrogens (tertiary/aromatic N) is 1. The molecule has 1 aromatic heterocycles. The summed E-state index contributed by atoms with van der Waals surface area (Å²) in [6, 6.07) is 3.83. The Morgan fingerprint density at radius 3 is 3.00 bits per heavy atom. The summed E-state index contributed by atoms with van der Waals surface area (Å²) in [5.74, 6) is 5.03. The molecule has 9 heavy (non-hydrogen) atoms. The van der Waals surface area contributed by atoms with Gasteiger partial charge in [-0.2, -0.15) is 5.10 Å². The lowest BCUT2D eigenvalue weighted by Crippen LogP contribution is -1.97. The SMILES string of the molecule is CC(=NN)c1ccc[nH]1. The first-order chi connectivity index (χ1) is 4.34. The van der Waals surface area contributed by atoms with E-state index in [0.29, 0.717) is 0 Å². The number of aromatic amines is 1. The summed E-state index contributed by atoms with van der Waals surface area (Å²) in [7, 11) is 0. The summed E-state index contributed by atoms with van der Waals surface area (Å²) in [6.07, 6.45) is 1.84. The average Bonchev–Trinajstić information content (AvgIpc) is 2.37. The number of H-pyrrole nitrogens is 1. The highest BCUT2D eigenvalue weighted by atomic mass is 15.1. The van der Waals surface area contributed by atoms with Crippen LogP contribution >= 0.6 is 0 Å². The largest absolute Gasteiger partial charge is 0.360 e. The van der Waals surface area contributed by atoms with Crippen molar-refractivity contribution in [3.05, 3.63) is 24.0 Å². The molecule has 0 radical (unpaired) electrons. The van der Waals surface area contributed by atoms with E-state index in [-0.39, 0.29) is 0 Å². The van der Waals surface area contributed by atoms with Gasteiger partial charge in [0.15, 0.2) is 0 Å². The summed E-state index contributed by atoms with van der Waals surface area (Å²) >= 11 is 0. The first-order valence-electron chi connectivity index (χ1n) is 2.73. The molecular formula is C6H9N3. The van der Waals surface area contributed by atoms with Crippen LogP contribution in [0.4, 0.5) is 0 Å². The highest BCUT2D eigenvalue weighted by Crippen LogP contribution is 1.94. The number of aromatic nitrogens is 1. The quantitative estimate of drug-likeness (QED) is 0.322. The molecule has 1 rings (SSSR count). The molecule has 0 aliphatic heterocycles. The van der Waals surface area contributed by atoms with E-state index >= 15 is 0 Å². The molecule has 3 heteroatoms. The zero-order chi connectivity index (χ0) is 6.69. The number of rotatable bonds is 1. The van der Waals surface area contributed by atoms with Crippen LogP contribution in [-0.2, 0) is 0 Å². The van der Waals surface area contributed by atoms with Gasteiger partial charge in [-0.05, 0) is 19.1 Å². The van der Waals surface area contributed by atoms with Crippen LogP contribution in [0.3, 0.4) is 0 Å². The van der Waals surface area contributed by atoms with Crippen molar-refractivity contribution in [2.75, 3.05) is 0 Å². The molecule has 0 spiro atoms. The Bertz CT molecular complexity index is 198. The Morgan fingerprint density at radius 2 is 2.56 bits per heavy atom. The molecule has 0 unspecified atom stereocenters. The fraction of sp³-hybridized carbons (Fsp3) is 0.167. The van der Waals surface area contributed by atoms with E-state index in [0.717, 1.165) is 11.4 Å². The normalized spacial score (nSPS) is 11.9. The van der Waals surface area contributed by atoms with Crippen LogP contribution in [0.1, 0.15) is 12.6 Å². The highest BCUT2D eigenvalue weighted by Gasteiger charge is 1.92. The van der Waals surface area contributed by atoms with E-state index in [9.17, 15) is 0 Å². The lowest BCUT2D eigenvalue weighted by molar-refractivity contribution is 1.22. The smallest absolute Gasteiger partial charge is 0.0803 e. The van der Waals surface area contributed by atoms with Crippen molar-refractivity contribution >= 4 is 5.71 Å². The molecule has 0 amide bonds. The second kappa shape index (κ2) is 2.35. The Hall–Kier alpha value is -1.25. The zero-order valence-corrected chi connectivity index (χ0v) is 5.26. The Labute approximate surface area is 53.6 Å². The number of nitrogens with one attached hydrogen (secondary N) is 1. The van der Waals surface area contributed by atoms with E-state index in [1.807, 2.05) is 25.3 Å². The predicted molar refractivity (Wildman–Crippen MR) is 37.2 cm³/mol. The summed E-state index contributed by atoms with van der Waals surface area (Å²) < 4.78 is 0. The first kappa shape index (κ1) is 5.88. The van der Waals surface area contributed by atoms with Crippen LogP contribution in [-0.4, -0.2) is 10.7 Å². The minimum Gasteiger partial charge on any atom is -0.360 e. The topological polar surface area (TPSA) is 54.2 Å². The third-order valence-electron chi connectivity index (χ3n) is 1.18. The van der Waals surface area contributed by atoms with Crippen molar-refractivity contribution in [1.82, 2.24) is 4.98 Å². The zero-order valence-electron chi connectivity index (χ0n) is 5.26. The van der Waals surface area contributed by atoms with Crippen molar-refractivity contribution < 1.29 is 0 Å². The summed E-state index contributed by atoms with van der Waals surface area (Å²) in [6.45, 7) is 1.85. The second-order valence-electron chi connectivity index (χ2n) is 1.80. The van der Waals surface area contributed by atoms with Gasteiger partial charge in [0.25, 0.3) is 0 Å². The van der Waals surface area contributed by atoms with Crippen molar-refractivity contribution in [3.8, 4) is 0 Å². The lowest BCUT2D eigenvalue weighted by atomic mass is 10.3. The number of hydrogen-bond acceptors (Lipinski definition) is 2. The van der Waals surface area contributed by atoms with E-state index in [4.69, 9.17) is 5.84 Å². The van der Waals surface area contributed by atoms with Gasteiger partial charge in [-0.1, -0.05) is 0 Å². The molecule has 1 aromatic rings. The van der Waals surface area contributed by atoms with Gasteiger partial charge in [0.05, 0.1) is 11.4 Å². The monoisotopic (exact) mass is 123 g/mol. The average molecular weight is 123 g/mol. The minimum atomic E-state index is 0.819. The standard InChI is InChI=1S/C6H9N3/c1-5(9-7)6-3-2-4-8-6/h2-4,8H,7H2,1H3. The van der Waals surface area contributed by atoms with Gasteiger partial charge in [0.1, 0.15) is 0 Å². The van der Waals surface area contributed by atoms with Crippen molar-refractivity contribution in [2.45, 2.75) is 6.92 Å². The third-order valence-corrected chi connectivity index (χ3v) is 1.18. The van der Waals surface area contributed by atoms with Gasteiger partial charge >= 0.3 is 0 Å². The molecule has 1 heterocycles. The Balaban J connectivity index is 2.90. The van der Waals surface area contributed by atoms with E-state index in [1.165, 1.54) is 0 Å². The molecule has 0 bridgehead atoms. The van der Waals surface area contributed by atoms with Crippen molar-refractivity contribution in [3.63, 3.8) is 0 Å². The van der Waals surface area contributed by atoms with Gasteiger partial charge < -0.3 is 10.8 Å². The maximum Gasteiger partial charge on any atom is 0.0803 e. The van der Waals surface area contributed by atoms with Crippen LogP contribution in [0.2, 0.25) is 0 Å². The van der Waals surface area contributed by atoms with E-state index in [1.54, 1.807) is 0 Å². The fourth-order valence-corrected chi connectivity index (χ4v) is 0.625. The van der Waals surface area contributed by atoms with Crippen LogP contribution in [0.25, 0.3) is 0 Å². The molecule has 0 aliphatic rings. The summed E-state index contributed by atoms with van der Waals surface area (Å²) in [5, 5.41) is 3.52. The molecule has 0 fully saturated rings. The van der Waals surface area contributed by atoms with Gasteiger partial charge in [-0.25, -0.2) is 0 Å².